The maximum Gasteiger partial charge on any atom is 0.270 e. The Morgan fingerprint density at radius 1 is 1.48 bits per heavy atom. The van der Waals surface area contributed by atoms with E-state index in [0.29, 0.717) is 5.92 Å². The van der Waals surface area contributed by atoms with Crippen molar-refractivity contribution in [3.8, 4) is 0 Å². The van der Waals surface area contributed by atoms with Crippen molar-refractivity contribution in [2.45, 2.75) is 17.7 Å². The number of nitro benzene ring substituents is 1. The molecule has 21 heavy (non-hydrogen) atoms. The molecule has 1 atom stereocenters. The quantitative estimate of drug-likeness (QED) is 0.607. The molecule has 0 aliphatic carbocycles. The molecule has 0 saturated carbocycles. The van der Waals surface area contributed by atoms with E-state index in [1.54, 1.807) is 0 Å². The van der Waals surface area contributed by atoms with Crippen LogP contribution in [0.5, 0.6) is 0 Å². The van der Waals surface area contributed by atoms with Crippen molar-refractivity contribution in [2.24, 2.45) is 5.92 Å². The highest BCUT2D eigenvalue weighted by molar-refractivity contribution is 7.89. The molecular formula is C12H16ClN3O4S. The second kappa shape index (κ2) is 6.69. The minimum absolute atomic E-state index is 0.0318. The molecule has 2 N–H and O–H groups in total. The molecule has 1 heterocycles. The Balaban J connectivity index is 2.07. The lowest BCUT2D eigenvalue weighted by Gasteiger charge is -2.11. The van der Waals surface area contributed by atoms with Gasteiger partial charge in [-0.3, -0.25) is 10.1 Å². The van der Waals surface area contributed by atoms with E-state index in [-0.39, 0.29) is 22.2 Å². The zero-order valence-corrected chi connectivity index (χ0v) is 12.8. The van der Waals surface area contributed by atoms with E-state index in [1.807, 2.05) is 0 Å². The van der Waals surface area contributed by atoms with Crippen molar-refractivity contribution in [3.63, 3.8) is 0 Å². The number of halogens is 1. The molecule has 9 heteroatoms. The average molecular weight is 334 g/mol. The van der Waals surface area contributed by atoms with E-state index in [9.17, 15) is 18.5 Å². The van der Waals surface area contributed by atoms with Crippen LogP contribution in [0, 0.1) is 16.0 Å². The lowest BCUT2D eigenvalue weighted by atomic mass is 10.1. The molecule has 7 nitrogen and oxygen atoms in total. The first-order valence-electron chi connectivity index (χ1n) is 6.54. The summed E-state index contributed by atoms with van der Waals surface area (Å²) in [6.45, 7) is 2.13. The van der Waals surface area contributed by atoms with Crippen molar-refractivity contribution in [1.82, 2.24) is 10.0 Å². The van der Waals surface area contributed by atoms with Crippen LogP contribution in [0.4, 0.5) is 5.69 Å². The number of nitrogens with zero attached hydrogens (tertiary/aromatic N) is 1. The first kappa shape index (κ1) is 16.2. The van der Waals surface area contributed by atoms with Crippen LogP contribution in [0.25, 0.3) is 0 Å². The van der Waals surface area contributed by atoms with Gasteiger partial charge in [-0.05, 0) is 37.9 Å². The molecule has 0 amide bonds. The zero-order chi connectivity index (χ0) is 15.5. The van der Waals surface area contributed by atoms with Gasteiger partial charge in [0.1, 0.15) is 4.90 Å². The Kier molecular flexibility index (Phi) is 5.15. The fourth-order valence-corrected chi connectivity index (χ4v) is 3.81. The molecule has 1 aromatic carbocycles. The van der Waals surface area contributed by atoms with Gasteiger partial charge in [-0.2, -0.15) is 0 Å². The lowest BCUT2D eigenvalue weighted by molar-refractivity contribution is -0.385. The first-order chi connectivity index (χ1) is 9.90. The van der Waals surface area contributed by atoms with Crippen molar-refractivity contribution in [1.29, 1.82) is 0 Å². The minimum Gasteiger partial charge on any atom is -0.316 e. The summed E-state index contributed by atoms with van der Waals surface area (Å²) in [5.41, 5.74) is -0.306. The number of sulfonamides is 1. The van der Waals surface area contributed by atoms with Crippen LogP contribution in [-0.4, -0.2) is 33.0 Å². The Morgan fingerprint density at radius 2 is 2.24 bits per heavy atom. The predicted molar refractivity (Wildman–Crippen MR) is 78.9 cm³/mol. The monoisotopic (exact) mass is 333 g/mol. The SMILES string of the molecule is O=[N+]([O-])c1ccc(Cl)c(S(=O)(=O)NCCC2CCNC2)c1. The Labute approximate surface area is 127 Å². The summed E-state index contributed by atoms with van der Waals surface area (Å²) < 4.78 is 26.8. The molecule has 2 rings (SSSR count). The van der Waals surface area contributed by atoms with Crippen molar-refractivity contribution < 1.29 is 13.3 Å². The number of rotatable bonds is 6. The summed E-state index contributed by atoms with van der Waals surface area (Å²) in [6.07, 6.45) is 1.75. The topological polar surface area (TPSA) is 101 Å². The second-order valence-electron chi connectivity index (χ2n) is 4.92. The van der Waals surface area contributed by atoms with Gasteiger partial charge < -0.3 is 5.32 Å². The van der Waals surface area contributed by atoms with Gasteiger partial charge in [0.05, 0.1) is 9.95 Å². The standard InChI is InChI=1S/C12H16ClN3O4S/c13-11-2-1-10(16(17)18)7-12(11)21(19,20)15-6-4-9-3-5-14-8-9/h1-2,7,9,14-15H,3-6,8H2. The molecule has 1 fully saturated rings. The molecule has 0 spiro atoms. The molecular weight excluding hydrogens is 318 g/mol. The van der Waals surface area contributed by atoms with Crippen molar-refractivity contribution in [2.75, 3.05) is 19.6 Å². The fraction of sp³-hybridized carbons (Fsp3) is 0.500. The van der Waals surface area contributed by atoms with Crippen LogP contribution >= 0.6 is 11.6 Å². The Morgan fingerprint density at radius 3 is 2.86 bits per heavy atom. The zero-order valence-electron chi connectivity index (χ0n) is 11.2. The van der Waals surface area contributed by atoms with E-state index in [4.69, 9.17) is 11.6 Å². The molecule has 0 aromatic heterocycles. The Bertz CT molecular complexity index is 629. The number of non-ortho nitro benzene ring substituents is 1. The van der Waals surface area contributed by atoms with Gasteiger partial charge in [0.15, 0.2) is 0 Å². The van der Waals surface area contributed by atoms with Gasteiger partial charge in [-0.25, -0.2) is 13.1 Å². The van der Waals surface area contributed by atoms with E-state index >= 15 is 0 Å². The highest BCUT2D eigenvalue weighted by Gasteiger charge is 2.22. The highest BCUT2D eigenvalue weighted by Crippen LogP contribution is 2.26. The number of hydrogen-bond acceptors (Lipinski definition) is 5. The van der Waals surface area contributed by atoms with Gasteiger partial charge in [-0.1, -0.05) is 11.6 Å². The maximum absolute atomic E-state index is 12.2. The molecule has 0 radical (unpaired) electrons. The molecule has 1 unspecified atom stereocenters. The van der Waals surface area contributed by atoms with Crippen LogP contribution in [0.3, 0.4) is 0 Å². The summed E-state index contributed by atoms with van der Waals surface area (Å²) in [7, 11) is -3.85. The molecule has 1 aromatic rings. The molecule has 1 aliphatic heterocycles. The molecule has 1 aliphatic rings. The molecule has 0 bridgehead atoms. The van der Waals surface area contributed by atoms with Crippen molar-refractivity contribution in [3.05, 3.63) is 33.3 Å². The summed E-state index contributed by atoms with van der Waals surface area (Å²) in [4.78, 5) is 9.81. The highest BCUT2D eigenvalue weighted by atomic mass is 35.5. The first-order valence-corrected chi connectivity index (χ1v) is 8.40. The normalized spacial score (nSPS) is 18.8. The third-order valence-electron chi connectivity index (χ3n) is 3.42. The lowest BCUT2D eigenvalue weighted by Crippen LogP contribution is -2.27. The van der Waals surface area contributed by atoms with Crippen LogP contribution in [0.15, 0.2) is 23.1 Å². The number of benzene rings is 1. The Hall–Kier alpha value is -1.22. The van der Waals surface area contributed by atoms with Gasteiger partial charge in [0, 0.05) is 18.7 Å². The van der Waals surface area contributed by atoms with Gasteiger partial charge >= 0.3 is 0 Å². The van der Waals surface area contributed by atoms with Crippen LogP contribution in [0.2, 0.25) is 5.02 Å². The predicted octanol–water partition coefficient (Wildman–Crippen LogP) is 1.53. The summed E-state index contributed by atoms with van der Waals surface area (Å²) in [5.74, 6) is 0.452. The molecule has 1 saturated heterocycles. The second-order valence-corrected chi connectivity index (χ2v) is 7.06. The summed E-state index contributed by atoms with van der Waals surface area (Å²) in [6, 6.07) is 3.36. The number of nitrogens with one attached hydrogen (secondary N) is 2. The third-order valence-corrected chi connectivity index (χ3v) is 5.36. The van der Waals surface area contributed by atoms with Crippen molar-refractivity contribution >= 4 is 27.3 Å². The fourth-order valence-electron chi connectivity index (χ4n) is 2.25. The number of nitro groups is 1. The maximum atomic E-state index is 12.2. The van der Waals surface area contributed by atoms with Gasteiger partial charge in [-0.15, -0.1) is 0 Å². The third kappa shape index (κ3) is 4.13. The van der Waals surface area contributed by atoms with Gasteiger partial charge in [0.2, 0.25) is 10.0 Å². The van der Waals surface area contributed by atoms with Crippen LogP contribution in [-0.2, 0) is 10.0 Å². The van der Waals surface area contributed by atoms with Crippen LogP contribution in [0.1, 0.15) is 12.8 Å². The van der Waals surface area contributed by atoms with E-state index in [1.165, 1.54) is 12.1 Å². The summed E-state index contributed by atoms with van der Waals surface area (Å²) >= 11 is 5.84. The van der Waals surface area contributed by atoms with E-state index in [2.05, 4.69) is 10.0 Å². The van der Waals surface area contributed by atoms with E-state index < -0.39 is 14.9 Å². The smallest absolute Gasteiger partial charge is 0.270 e. The number of hydrogen-bond donors (Lipinski definition) is 2. The summed E-state index contributed by atoms with van der Waals surface area (Å²) in [5, 5.41) is 13.9. The average Bonchev–Trinajstić information content (AvgIpc) is 2.91. The largest absolute Gasteiger partial charge is 0.316 e. The molecule has 116 valence electrons. The van der Waals surface area contributed by atoms with Gasteiger partial charge in [0.25, 0.3) is 5.69 Å². The van der Waals surface area contributed by atoms with E-state index in [0.717, 1.165) is 32.0 Å². The van der Waals surface area contributed by atoms with Crippen LogP contribution < -0.4 is 10.0 Å². The minimum atomic E-state index is -3.85.